The van der Waals surface area contributed by atoms with E-state index < -0.39 is 143 Å². The molecule has 4 amide bonds. The second kappa shape index (κ2) is 21.9. The molecule has 1 heterocycles. The predicted octanol–water partition coefficient (Wildman–Crippen LogP) is 2.83. The van der Waals surface area contributed by atoms with E-state index in [-0.39, 0.29) is 0 Å². The number of hydrogen-bond acceptors (Lipinski definition) is 12. The fourth-order valence-corrected chi connectivity index (χ4v) is 5.70. The highest BCUT2D eigenvalue weighted by Gasteiger charge is 2.41. The maximum atomic E-state index is 13.7. The molecule has 0 bridgehead atoms. The predicted molar refractivity (Wildman–Crippen MR) is 206 cm³/mol. The summed E-state index contributed by atoms with van der Waals surface area (Å²) in [6.07, 6.45) is -5.64. The van der Waals surface area contributed by atoms with Gasteiger partial charge < -0.3 is 40.2 Å². The Kier molecular flexibility index (Phi) is 19.5. The van der Waals surface area contributed by atoms with E-state index in [9.17, 15) is 38.4 Å². The van der Waals surface area contributed by atoms with E-state index in [0.717, 1.165) is 0 Å². The van der Waals surface area contributed by atoms with E-state index in [4.69, 9.17) is 18.9 Å². The zero-order valence-corrected chi connectivity index (χ0v) is 36.1. The summed E-state index contributed by atoms with van der Waals surface area (Å²) in [4.78, 5) is 109. The second-order valence-corrected chi connectivity index (χ2v) is 17.3. The highest BCUT2D eigenvalue weighted by Crippen LogP contribution is 2.20. The van der Waals surface area contributed by atoms with Crippen molar-refractivity contribution in [3.63, 3.8) is 0 Å². The third-order valence-corrected chi connectivity index (χ3v) is 9.30. The quantitative estimate of drug-likeness (QED) is 0.206. The molecule has 16 heteroatoms. The molecule has 56 heavy (non-hydrogen) atoms. The molecule has 320 valence electrons. The smallest absolute Gasteiger partial charge is 0.329 e. The number of rotatable bonds is 8. The van der Waals surface area contributed by atoms with Gasteiger partial charge in [0.05, 0.1) is 0 Å². The standard InChI is InChI=1S/C40H68N4O12/c1-17(2)25-37(49)53-30(22(11)12)34(46)42-27(19(5)6)39(51)55-32(24(15)16)36(48)44-28(20(7)8)40(52)56-31(23(13)14)35(47)43-26(18(3)4)38(50)54-29(21(9)10)33(45)41-25/h17-32H,1-16H3,(H,41,45)(H,42,46)(H,43,47)(H,44,48)/t25-,26-,27-,28-,29-,30-,31-,32-/m1/s1. The molecular weight excluding hydrogens is 728 g/mol. The summed E-state index contributed by atoms with van der Waals surface area (Å²) in [6.45, 7) is 26.3. The molecule has 1 rings (SSSR count). The van der Waals surface area contributed by atoms with Crippen molar-refractivity contribution in [2.24, 2.45) is 47.3 Å². The Morgan fingerprint density at radius 3 is 0.536 bits per heavy atom. The Bertz CT molecular complexity index is 1100. The lowest BCUT2D eigenvalue weighted by Crippen LogP contribution is -2.57. The van der Waals surface area contributed by atoms with Crippen LogP contribution in [0.5, 0.6) is 0 Å². The van der Waals surface area contributed by atoms with Gasteiger partial charge in [-0.2, -0.15) is 0 Å². The molecule has 0 aromatic rings. The normalized spacial score (nSPS) is 27.9. The maximum Gasteiger partial charge on any atom is 0.329 e. The first-order valence-corrected chi connectivity index (χ1v) is 19.8. The first kappa shape index (κ1) is 49.8. The van der Waals surface area contributed by atoms with Gasteiger partial charge in [0, 0.05) is 0 Å². The summed E-state index contributed by atoms with van der Waals surface area (Å²) < 4.78 is 22.8. The molecule has 4 N–H and O–H groups in total. The highest BCUT2D eigenvalue weighted by molar-refractivity contribution is 5.94. The minimum Gasteiger partial charge on any atom is -0.450 e. The van der Waals surface area contributed by atoms with Crippen molar-refractivity contribution in [2.75, 3.05) is 0 Å². The van der Waals surface area contributed by atoms with E-state index in [1.54, 1.807) is 111 Å². The Hall–Kier alpha value is -4.24. The summed E-state index contributed by atoms with van der Waals surface area (Å²) in [5.41, 5.74) is 0. The Labute approximate surface area is 332 Å². The first-order valence-electron chi connectivity index (χ1n) is 19.8. The van der Waals surface area contributed by atoms with Gasteiger partial charge in [-0.3, -0.25) is 19.2 Å². The van der Waals surface area contributed by atoms with Crippen LogP contribution < -0.4 is 21.3 Å². The molecule has 0 aromatic heterocycles. The van der Waals surface area contributed by atoms with Gasteiger partial charge in [-0.05, 0) is 47.3 Å². The molecule has 0 aliphatic carbocycles. The van der Waals surface area contributed by atoms with E-state index in [1.807, 2.05) is 0 Å². The third-order valence-electron chi connectivity index (χ3n) is 9.30. The van der Waals surface area contributed by atoms with Gasteiger partial charge in [-0.1, -0.05) is 111 Å². The van der Waals surface area contributed by atoms with Crippen molar-refractivity contribution in [1.82, 2.24) is 21.3 Å². The number of ether oxygens (including phenoxy) is 4. The largest absolute Gasteiger partial charge is 0.450 e. The molecule has 16 nitrogen and oxygen atoms in total. The van der Waals surface area contributed by atoms with Crippen LogP contribution >= 0.6 is 0 Å². The number of hydrogen-bond donors (Lipinski definition) is 4. The summed E-state index contributed by atoms with van der Waals surface area (Å²) in [5.74, 6) is -11.5. The molecule has 1 aliphatic rings. The molecule has 0 spiro atoms. The SMILES string of the molecule is CC(C)[C@H]1NC(=O)[C@@H](C(C)C)OC(=O)[C@@H](C(C)C)NC(=O)[C@@H](C(C)C)OC(=O)[C@@H](C(C)C)NC(=O)[C@@H](C(C)C)OC(=O)[C@@H](C(C)C)NC(=O)[C@@H](C(C)C)OC1=O. The van der Waals surface area contributed by atoms with Crippen LogP contribution in [0.25, 0.3) is 0 Å². The lowest BCUT2D eigenvalue weighted by atomic mass is 9.99. The lowest BCUT2D eigenvalue weighted by molar-refractivity contribution is -0.169. The van der Waals surface area contributed by atoms with Crippen molar-refractivity contribution in [3.05, 3.63) is 0 Å². The lowest BCUT2D eigenvalue weighted by Gasteiger charge is -2.32. The fraction of sp³-hybridized carbons (Fsp3) is 0.800. The van der Waals surface area contributed by atoms with Crippen LogP contribution in [0.3, 0.4) is 0 Å². The van der Waals surface area contributed by atoms with Gasteiger partial charge in [-0.15, -0.1) is 0 Å². The molecule has 1 saturated heterocycles. The van der Waals surface area contributed by atoms with Gasteiger partial charge in [0.2, 0.25) is 0 Å². The van der Waals surface area contributed by atoms with Crippen LogP contribution in [0.15, 0.2) is 0 Å². The summed E-state index contributed by atoms with van der Waals surface area (Å²) >= 11 is 0. The summed E-state index contributed by atoms with van der Waals surface area (Å²) in [7, 11) is 0. The van der Waals surface area contributed by atoms with Crippen LogP contribution in [0, 0.1) is 47.3 Å². The number of cyclic esters (lactones) is 4. The van der Waals surface area contributed by atoms with E-state index in [1.165, 1.54) is 0 Å². The Morgan fingerprint density at radius 1 is 0.286 bits per heavy atom. The van der Waals surface area contributed by atoms with Crippen molar-refractivity contribution in [2.45, 2.75) is 159 Å². The van der Waals surface area contributed by atoms with Gasteiger partial charge >= 0.3 is 23.9 Å². The zero-order valence-electron chi connectivity index (χ0n) is 36.1. The van der Waals surface area contributed by atoms with Crippen molar-refractivity contribution >= 4 is 47.5 Å². The van der Waals surface area contributed by atoms with Crippen molar-refractivity contribution < 1.29 is 57.3 Å². The van der Waals surface area contributed by atoms with Crippen LogP contribution in [0.1, 0.15) is 111 Å². The van der Waals surface area contributed by atoms with Gasteiger partial charge in [0.25, 0.3) is 23.6 Å². The van der Waals surface area contributed by atoms with Crippen molar-refractivity contribution in [1.29, 1.82) is 0 Å². The van der Waals surface area contributed by atoms with Gasteiger partial charge in [-0.25, -0.2) is 19.2 Å². The molecular formula is C40H68N4O12. The molecule has 0 aromatic carbocycles. The van der Waals surface area contributed by atoms with Crippen LogP contribution in [0.4, 0.5) is 0 Å². The Balaban J connectivity index is 3.87. The van der Waals surface area contributed by atoms with E-state index in [2.05, 4.69) is 21.3 Å². The number of esters is 4. The molecule has 1 fully saturated rings. The molecule has 0 saturated carbocycles. The number of nitrogens with one attached hydrogen (secondary N) is 4. The van der Waals surface area contributed by atoms with E-state index >= 15 is 0 Å². The maximum absolute atomic E-state index is 13.7. The minimum atomic E-state index is -1.41. The van der Waals surface area contributed by atoms with Crippen LogP contribution in [-0.2, 0) is 57.3 Å². The van der Waals surface area contributed by atoms with Crippen LogP contribution in [0.2, 0.25) is 0 Å². The molecule has 1 aliphatic heterocycles. The van der Waals surface area contributed by atoms with Gasteiger partial charge in [0.1, 0.15) is 24.2 Å². The minimum absolute atomic E-state index is 0.546. The monoisotopic (exact) mass is 796 g/mol. The number of carbonyl (C=O) groups is 8. The third kappa shape index (κ3) is 14.1. The highest BCUT2D eigenvalue weighted by atomic mass is 16.6. The first-order chi connectivity index (χ1) is 25.7. The van der Waals surface area contributed by atoms with E-state index in [0.29, 0.717) is 0 Å². The molecule has 0 unspecified atom stereocenters. The number of carbonyl (C=O) groups excluding carboxylic acids is 8. The fourth-order valence-electron chi connectivity index (χ4n) is 5.70. The zero-order chi connectivity index (χ0) is 43.5. The number of amides is 4. The summed E-state index contributed by atoms with van der Waals surface area (Å²) in [5, 5.41) is 10.4. The van der Waals surface area contributed by atoms with Gasteiger partial charge in [0.15, 0.2) is 24.4 Å². The Morgan fingerprint density at radius 2 is 0.429 bits per heavy atom. The molecule has 0 radical (unpaired) electrons. The van der Waals surface area contributed by atoms with Crippen molar-refractivity contribution in [3.8, 4) is 0 Å². The average Bonchev–Trinajstić information content (AvgIpc) is 3.07. The molecule has 8 atom stereocenters. The van der Waals surface area contributed by atoms with Crippen LogP contribution in [-0.4, -0.2) is 96.1 Å². The topological polar surface area (TPSA) is 222 Å². The summed E-state index contributed by atoms with van der Waals surface area (Å²) in [6, 6.07) is -5.13. The second-order valence-electron chi connectivity index (χ2n) is 17.3. The average molecular weight is 797 g/mol.